The molecular weight excluding hydrogens is 248 g/mol. The standard InChI is InChI=1S/C16H16N4/c1-12(2)20-7-6-16(19-20)14-5-3-4-13(8-14)15-9-17-11-18-10-15/h3-12H,1-2H3. The van der Waals surface area contributed by atoms with Crippen LogP contribution in [0.4, 0.5) is 0 Å². The van der Waals surface area contributed by atoms with E-state index in [1.807, 2.05) is 35.4 Å². The molecule has 0 saturated carbocycles. The van der Waals surface area contributed by atoms with Crippen LogP contribution in [0.2, 0.25) is 0 Å². The summed E-state index contributed by atoms with van der Waals surface area (Å²) in [6.45, 7) is 4.24. The molecule has 0 amide bonds. The average molecular weight is 264 g/mol. The Morgan fingerprint density at radius 2 is 1.70 bits per heavy atom. The highest BCUT2D eigenvalue weighted by molar-refractivity contribution is 5.70. The van der Waals surface area contributed by atoms with Gasteiger partial charge in [-0.2, -0.15) is 5.10 Å². The smallest absolute Gasteiger partial charge is 0.115 e. The Bertz CT molecular complexity index is 701. The van der Waals surface area contributed by atoms with Crippen LogP contribution in [0.3, 0.4) is 0 Å². The highest BCUT2D eigenvalue weighted by Gasteiger charge is 2.06. The minimum Gasteiger partial charge on any atom is -0.270 e. The number of nitrogens with zero attached hydrogens (tertiary/aromatic N) is 4. The van der Waals surface area contributed by atoms with Crippen molar-refractivity contribution in [3.63, 3.8) is 0 Å². The van der Waals surface area contributed by atoms with E-state index in [9.17, 15) is 0 Å². The maximum atomic E-state index is 4.60. The van der Waals surface area contributed by atoms with Gasteiger partial charge in [0, 0.05) is 35.8 Å². The molecule has 1 aromatic carbocycles. The molecule has 0 unspecified atom stereocenters. The molecule has 0 atom stereocenters. The van der Waals surface area contributed by atoms with E-state index >= 15 is 0 Å². The Balaban J connectivity index is 1.99. The van der Waals surface area contributed by atoms with Crippen LogP contribution in [0.1, 0.15) is 19.9 Å². The lowest BCUT2D eigenvalue weighted by Crippen LogP contribution is -2.00. The van der Waals surface area contributed by atoms with Gasteiger partial charge in [-0.15, -0.1) is 0 Å². The van der Waals surface area contributed by atoms with E-state index in [0.29, 0.717) is 6.04 Å². The quantitative estimate of drug-likeness (QED) is 0.726. The van der Waals surface area contributed by atoms with Crippen LogP contribution in [0, 0.1) is 0 Å². The Morgan fingerprint density at radius 1 is 0.950 bits per heavy atom. The zero-order valence-corrected chi connectivity index (χ0v) is 11.6. The lowest BCUT2D eigenvalue weighted by molar-refractivity contribution is 0.534. The first-order valence-electron chi connectivity index (χ1n) is 6.65. The topological polar surface area (TPSA) is 43.6 Å². The molecule has 4 nitrogen and oxygen atoms in total. The molecule has 2 aromatic heterocycles. The summed E-state index contributed by atoms with van der Waals surface area (Å²) in [7, 11) is 0. The summed E-state index contributed by atoms with van der Waals surface area (Å²) in [5.74, 6) is 0. The largest absolute Gasteiger partial charge is 0.270 e. The molecule has 0 radical (unpaired) electrons. The summed E-state index contributed by atoms with van der Waals surface area (Å²) < 4.78 is 1.97. The van der Waals surface area contributed by atoms with Gasteiger partial charge in [-0.1, -0.05) is 18.2 Å². The van der Waals surface area contributed by atoms with E-state index in [0.717, 1.165) is 22.4 Å². The molecule has 0 fully saturated rings. The third-order valence-electron chi connectivity index (χ3n) is 3.19. The summed E-state index contributed by atoms with van der Waals surface area (Å²) in [5.41, 5.74) is 4.20. The summed E-state index contributed by atoms with van der Waals surface area (Å²) in [4.78, 5) is 8.12. The third kappa shape index (κ3) is 2.45. The molecular formula is C16H16N4. The van der Waals surface area contributed by atoms with Crippen molar-refractivity contribution in [2.75, 3.05) is 0 Å². The number of aromatic nitrogens is 4. The van der Waals surface area contributed by atoms with Crippen molar-refractivity contribution in [1.82, 2.24) is 19.7 Å². The molecule has 0 aliphatic carbocycles. The number of benzene rings is 1. The molecule has 3 rings (SSSR count). The Hall–Kier alpha value is -2.49. The summed E-state index contributed by atoms with van der Waals surface area (Å²) in [6.07, 6.45) is 7.19. The van der Waals surface area contributed by atoms with E-state index in [1.165, 1.54) is 6.33 Å². The molecule has 20 heavy (non-hydrogen) atoms. The van der Waals surface area contributed by atoms with Crippen LogP contribution in [-0.4, -0.2) is 19.7 Å². The van der Waals surface area contributed by atoms with Gasteiger partial charge in [-0.3, -0.25) is 4.68 Å². The van der Waals surface area contributed by atoms with Gasteiger partial charge in [0.15, 0.2) is 0 Å². The molecule has 0 bridgehead atoms. The SMILES string of the molecule is CC(C)n1ccc(-c2cccc(-c3cncnc3)c2)n1. The van der Waals surface area contributed by atoms with Crippen LogP contribution in [0.5, 0.6) is 0 Å². The maximum absolute atomic E-state index is 4.60. The monoisotopic (exact) mass is 264 g/mol. The molecule has 2 heterocycles. The van der Waals surface area contributed by atoms with Crippen molar-refractivity contribution in [3.8, 4) is 22.4 Å². The second kappa shape index (κ2) is 5.25. The number of hydrogen-bond donors (Lipinski definition) is 0. The van der Waals surface area contributed by atoms with E-state index in [2.05, 4.69) is 47.1 Å². The molecule has 0 aliphatic heterocycles. The zero-order chi connectivity index (χ0) is 13.9. The first kappa shape index (κ1) is 12.5. The van der Waals surface area contributed by atoms with E-state index in [1.54, 1.807) is 0 Å². The van der Waals surface area contributed by atoms with E-state index < -0.39 is 0 Å². The molecule has 3 aromatic rings. The molecule has 4 heteroatoms. The third-order valence-corrected chi connectivity index (χ3v) is 3.19. The highest BCUT2D eigenvalue weighted by Crippen LogP contribution is 2.24. The fraction of sp³-hybridized carbons (Fsp3) is 0.188. The van der Waals surface area contributed by atoms with Gasteiger partial charge < -0.3 is 0 Å². The Labute approximate surface area is 118 Å². The Kier molecular flexibility index (Phi) is 3.29. The van der Waals surface area contributed by atoms with Crippen LogP contribution in [0.15, 0.2) is 55.2 Å². The van der Waals surface area contributed by atoms with Gasteiger partial charge in [0.2, 0.25) is 0 Å². The van der Waals surface area contributed by atoms with Crippen LogP contribution >= 0.6 is 0 Å². The van der Waals surface area contributed by atoms with Gasteiger partial charge in [0.1, 0.15) is 6.33 Å². The predicted molar refractivity (Wildman–Crippen MR) is 79.1 cm³/mol. The van der Waals surface area contributed by atoms with Crippen molar-refractivity contribution >= 4 is 0 Å². The van der Waals surface area contributed by atoms with Crippen LogP contribution < -0.4 is 0 Å². The Morgan fingerprint density at radius 3 is 2.40 bits per heavy atom. The molecule has 100 valence electrons. The molecule has 0 saturated heterocycles. The van der Waals surface area contributed by atoms with Crippen LogP contribution in [0.25, 0.3) is 22.4 Å². The fourth-order valence-corrected chi connectivity index (χ4v) is 2.09. The first-order valence-corrected chi connectivity index (χ1v) is 6.65. The lowest BCUT2D eigenvalue weighted by Gasteiger charge is -2.05. The van der Waals surface area contributed by atoms with Gasteiger partial charge in [0.05, 0.1) is 5.69 Å². The van der Waals surface area contributed by atoms with Gasteiger partial charge in [0.25, 0.3) is 0 Å². The minimum atomic E-state index is 0.370. The van der Waals surface area contributed by atoms with E-state index in [4.69, 9.17) is 0 Å². The summed E-state index contributed by atoms with van der Waals surface area (Å²) >= 11 is 0. The van der Waals surface area contributed by atoms with Crippen LogP contribution in [-0.2, 0) is 0 Å². The minimum absolute atomic E-state index is 0.370. The zero-order valence-electron chi connectivity index (χ0n) is 11.6. The predicted octanol–water partition coefficient (Wildman–Crippen LogP) is 3.59. The normalized spacial score (nSPS) is 10.9. The molecule has 0 aliphatic rings. The second-order valence-electron chi connectivity index (χ2n) is 4.98. The summed E-state index contributed by atoms with van der Waals surface area (Å²) in [5, 5.41) is 4.60. The molecule has 0 spiro atoms. The summed E-state index contributed by atoms with van der Waals surface area (Å²) in [6, 6.07) is 10.7. The van der Waals surface area contributed by atoms with Gasteiger partial charge in [-0.25, -0.2) is 9.97 Å². The van der Waals surface area contributed by atoms with Crippen molar-refractivity contribution in [1.29, 1.82) is 0 Å². The highest BCUT2D eigenvalue weighted by atomic mass is 15.3. The van der Waals surface area contributed by atoms with Crippen molar-refractivity contribution < 1.29 is 0 Å². The average Bonchev–Trinajstić information content (AvgIpc) is 2.98. The second-order valence-corrected chi connectivity index (χ2v) is 4.98. The first-order chi connectivity index (χ1) is 9.74. The number of rotatable bonds is 3. The fourth-order valence-electron chi connectivity index (χ4n) is 2.09. The van der Waals surface area contributed by atoms with Crippen molar-refractivity contribution in [2.45, 2.75) is 19.9 Å². The number of hydrogen-bond acceptors (Lipinski definition) is 3. The van der Waals surface area contributed by atoms with Gasteiger partial charge in [-0.05, 0) is 31.5 Å². The van der Waals surface area contributed by atoms with Gasteiger partial charge >= 0.3 is 0 Å². The van der Waals surface area contributed by atoms with Crippen molar-refractivity contribution in [3.05, 3.63) is 55.2 Å². The van der Waals surface area contributed by atoms with Crippen molar-refractivity contribution in [2.24, 2.45) is 0 Å². The molecule has 0 N–H and O–H groups in total. The van der Waals surface area contributed by atoms with E-state index in [-0.39, 0.29) is 0 Å². The maximum Gasteiger partial charge on any atom is 0.115 e. The lowest BCUT2D eigenvalue weighted by atomic mass is 10.0.